The predicted molar refractivity (Wildman–Crippen MR) is 71.8 cm³/mol. The Labute approximate surface area is 110 Å². The predicted octanol–water partition coefficient (Wildman–Crippen LogP) is 3.89. The van der Waals surface area contributed by atoms with Gasteiger partial charge in [0.05, 0.1) is 11.0 Å². The van der Waals surface area contributed by atoms with Crippen LogP contribution in [0.4, 0.5) is 0 Å². The van der Waals surface area contributed by atoms with Crippen molar-refractivity contribution in [2.75, 3.05) is 0 Å². The molecule has 1 heterocycles. The van der Waals surface area contributed by atoms with Gasteiger partial charge in [-0.1, -0.05) is 18.2 Å². The molecule has 3 heteroatoms. The molecule has 2 nitrogen and oxygen atoms in total. The van der Waals surface area contributed by atoms with Crippen LogP contribution in [0.2, 0.25) is 0 Å². The van der Waals surface area contributed by atoms with E-state index < -0.39 is 0 Å². The van der Waals surface area contributed by atoms with Crippen LogP contribution in [0, 0.1) is 0 Å². The molecule has 1 aliphatic carbocycles. The minimum absolute atomic E-state index is 0.218. The van der Waals surface area contributed by atoms with Crippen molar-refractivity contribution in [3.63, 3.8) is 0 Å². The SMILES string of the molecule is CC(=O)[C@@]1(Sc2ccccc2)C[C@@H]1c1ccco1. The number of furan rings is 1. The number of rotatable bonds is 4. The molecule has 1 aliphatic rings. The van der Waals surface area contributed by atoms with Gasteiger partial charge in [0.1, 0.15) is 11.5 Å². The molecule has 1 aromatic carbocycles. The van der Waals surface area contributed by atoms with Gasteiger partial charge in [0, 0.05) is 10.8 Å². The first-order valence-corrected chi connectivity index (χ1v) is 6.82. The van der Waals surface area contributed by atoms with Crippen LogP contribution < -0.4 is 0 Å². The van der Waals surface area contributed by atoms with E-state index in [9.17, 15) is 4.79 Å². The number of carbonyl (C=O) groups is 1. The number of hydrogen-bond acceptors (Lipinski definition) is 3. The maximum atomic E-state index is 12.0. The average molecular weight is 258 g/mol. The lowest BCUT2D eigenvalue weighted by Crippen LogP contribution is -2.17. The molecule has 0 unspecified atom stereocenters. The maximum Gasteiger partial charge on any atom is 0.146 e. The number of Topliss-reactive ketones (excluding diaryl/α,β-unsaturated/α-hetero) is 1. The number of thioether (sulfide) groups is 1. The molecule has 1 saturated carbocycles. The number of benzene rings is 1. The summed E-state index contributed by atoms with van der Waals surface area (Å²) < 4.78 is 5.11. The Balaban J connectivity index is 1.85. The van der Waals surface area contributed by atoms with E-state index in [1.54, 1.807) is 24.9 Å². The second-order valence-corrected chi connectivity index (χ2v) is 6.04. The Kier molecular flexibility index (Phi) is 2.78. The zero-order valence-electron chi connectivity index (χ0n) is 10.1. The lowest BCUT2D eigenvalue weighted by Gasteiger charge is -2.12. The molecule has 1 aromatic heterocycles. The first kappa shape index (κ1) is 11.6. The van der Waals surface area contributed by atoms with Crippen LogP contribution in [0.15, 0.2) is 58.0 Å². The van der Waals surface area contributed by atoms with Gasteiger partial charge in [-0.3, -0.25) is 4.79 Å². The van der Waals surface area contributed by atoms with Gasteiger partial charge in [-0.2, -0.15) is 0 Å². The summed E-state index contributed by atoms with van der Waals surface area (Å²) in [6, 6.07) is 13.9. The van der Waals surface area contributed by atoms with E-state index in [1.165, 1.54) is 0 Å². The van der Waals surface area contributed by atoms with E-state index >= 15 is 0 Å². The number of ketones is 1. The lowest BCUT2D eigenvalue weighted by atomic mass is 10.2. The molecule has 92 valence electrons. The Morgan fingerprint density at radius 2 is 2.06 bits per heavy atom. The summed E-state index contributed by atoms with van der Waals surface area (Å²) in [5, 5.41) is 0. The smallest absolute Gasteiger partial charge is 0.146 e. The summed E-state index contributed by atoms with van der Waals surface area (Å²) >= 11 is 1.66. The number of carbonyl (C=O) groups excluding carboxylic acids is 1. The van der Waals surface area contributed by atoms with Crippen LogP contribution in [0.3, 0.4) is 0 Å². The Hall–Kier alpha value is -1.48. The lowest BCUT2D eigenvalue weighted by molar-refractivity contribution is -0.117. The fourth-order valence-corrected chi connectivity index (χ4v) is 3.70. The zero-order valence-corrected chi connectivity index (χ0v) is 10.9. The molecular formula is C15H14O2S. The first-order valence-electron chi connectivity index (χ1n) is 6.01. The highest BCUT2D eigenvalue weighted by atomic mass is 32.2. The van der Waals surface area contributed by atoms with E-state index in [2.05, 4.69) is 0 Å². The minimum atomic E-state index is -0.320. The summed E-state index contributed by atoms with van der Waals surface area (Å²) in [6.45, 7) is 1.68. The van der Waals surface area contributed by atoms with Gasteiger partial charge in [0.15, 0.2) is 0 Å². The monoisotopic (exact) mass is 258 g/mol. The Morgan fingerprint density at radius 1 is 1.28 bits per heavy atom. The van der Waals surface area contributed by atoms with Gasteiger partial charge >= 0.3 is 0 Å². The average Bonchev–Trinajstić information content (AvgIpc) is 2.87. The van der Waals surface area contributed by atoms with Gasteiger partial charge in [-0.05, 0) is 37.6 Å². The largest absolute Gasteiger partial charge is 0.469 e. The molecule has 1 fully saturated rings. The minimum Gasteiger partial charge on any atom is -0.469 e. The first-order chi connectivity index (χ1) is 8.72. The van der Waals surface area contributed by atoms with Gasteiger partial charge in [0.25, 0.3) is 0 Å². The molecule has 0 spiro atoms. The van der Waals surface area contributed by atoms with Gasteiger partial charge in [-0.15, -0.1) is 11.8 Å². The molecular weight excluding hydrogens is 244 g/mol. The number of hydrogen-bond donors (Lipinski definition) is 0. The second-order valence-electron chi connectivity index (χ2n) is 4.63. The van der Waals surface area contributed by atoms with Crippen molar-refractivity contribution in [2.45, 2.75) is 28.9 Å². The van der Waals surface area contributed by atoms with Crippen LogP contribution in [0.25, 0.3) is 0 Å². The molecule has 0 N–H and O–H groups in total. The van der Waals surface area contributed by atoms with Crippen molar-refractivity contribution in [2.24, 2.45) is 0 Å². The van der Waals surface area contributed by atoms with E-state index in [4.69, 9.17) is 4.42 Å². The van der Waals surface area contributed by atoms with E-state index in [1.807, 2.05) is 42.5 Å². The molecule has 18 heavy (non-hydrogen) atoms. The molecule has 3 rings (SSSR count). The third kappa shape index (κ3) is 1.89. The third-order valence-corrected chi connectivity index (χ3v) is 5.05. The standard InChI is InChI=1S/C15H14O2S/c1-11(16)15(18-12-6-3-2-4-7-12)10-13(15)14-8-5-9-17-14/h2-9,13H,10H2,1H3/t13-,15+/m1/s1. The van der Waals surface area contributed by atoms with Crippen LogP contribution in [0.5, 0.6) is 0 Å². The quantitative estimate of drug-likeness (QED) is 0.833. The second kappa shape index (κ2) is 4.32. The summed E-state index contributed by atoms with van der Waals surface area (Å²) in [6.07, 6.45) is 2.54. The van der Waals surface area contributed by atoms with Crippen molar-refractivity contribution in [3.05, 3.63) is 54.5 Å². The summed E-state index contributed by atoms with van der Waals surface area (Å²) in [5.41, 5.74) is 0. The molecule has 2 aromatic rings. The molecule has 0 amide bonds. The Morgan fingerprint density at radius 3 is 2.67 bits per heavy atom. The molecule has 0 bridgehead atoms. The Bertz CT molecular complexity index is 547. The van der Waals surface area contributed by atoms with Crippen molar-refractivity contribution < 1.29 is 9.21 Å². The highest BCUT2D eigenvalue weighted by Gasteiger charge is 2.60. The molecule has 2 atom stereocenters. The fourth-order valence-electron chi connectivity index (χ4n) is 2.34. The van der Waals surface area contributed by atoms with Crippen molar-refractivity contribution in [1.29, 1.82) is 0 Å². The molecule has 0 radical (unpaired) electrons. The van der Waals surface area contributed by atoms with Gasteiger partial charge in [-0.25, -0.2) is 0 Å². The fraction of sp³-hybridized carbons (Fsp3) is 0.267. The van der Waals surface area contributed by atoms with Gasteiger partial charge in [0.2, 0.25) is 0 Å². The normalized spacial score (nSPS) is 25.9. The van der Waals surface area contributed by atoms with Crippen molar-refractivity contribution in [1.82, 2.24) is 0 Å². The van der Waals surface area contributed by atoms with E-state index in [0.717, 1.165) is 17.1 Å². The van der Waals surface area contributed by atoms with Gasteiger partial charge < -0.3 is 4.42 Å². The maximum absolute atomic E-state index is 12.0. The highest BCUT2D eigenvalue weighted by molar-refractivity contribution is 8.01. The van der Waals surface area contributed by atoms with Crippen LogP contribution in [-0.4, -0.2) is 10.5 Å². The van der Waals surface area contributed by atoms with Crippen LogP contribution >= 0.6 is 11.8 Å². The summed E-state index contributed by atoms with van der Waals surface area (Å²) in [4.78, 5) is 13.1. The topological polar surface area (TPSA) is 30.2 Å². The van der Waals surface area contributed by atoms with E-state index in [-0.39, 0.29) is 16.4 Å². The molecule has 0 aliphatic heterocycles. The summed E-state index contributed by atoms with van der Waals surface area (Å²) in [7, 11) is 0. The highest BCUT2D eigenvalue weighted by Crippen LogP contribution is 2.62. The van der Waals surface area contributed by atoms with Crippen LogP contribution in [-0.2, 0) is 4.79 Å². The summed E-state index contributed by atoms with van der Waals surface area (Å²) in [5.74, 6) is 1.38. The van der Waals surface area contributed by atoms with Crippen molar-refractivity contribution in [3.8, 4) is 0 Å². The van der Waals surface area contributed by atoms with Crippen LogP contribution in [0.1, 0.15) is 25.0 Å². The van der Waals surface area contributed by atoms with Crippen molar-refractivity contribution >= 4 is 17.5 Å². The van der Waals surface area contributed by atoms with E-state index in [0.29, 0.717) is 0 Å². The third-order valence-electron chi connectivity index (χ3n) is 3.44. The zero-order chi connectivity index (χ0) is 12.6. The molecule has 0 saturated heterocycles.